The minimum absolute atomic E-state index is 0.103. The van der Waals surface area contributed by atoms with Crippen LogP contribution in [0.1, 0.15) is 79.3 Å². The van der Waals surface area contributed by atoms with E-state index < -0.39 is 0 Å². The molecule has 25 heavy (non-hydrogen) atoms. The summed E-state index contributed by atoms with van der Waals surface area (Å²) in [6.07, 6.45) is 0. The third kappa shape index (κ3) is 4.46. The lowest BCUT2D eigenvalue weighted by atomic mass is 9.78. The first-order valence-electron chi connectivity index (χ1n) is 9.87. The Morgan fingerprint density at radius 2 is 1.64 bits per heavy atom. The quantitative estimate of drug-likeness (QED) is 0.827. The zero-order valence-corrected chi connectivity index (χ0v) is 18.3. The minimum atomic E-state index is 0.103. The van der Waals surface area contributed by atoms with Gasteiger partial charge in [0.2, 0.25) is 0 Å². The normalized spacial score (nSPS) is 21.3. The number of aromatic nitrogens is 2. The van der Waals surface area contributed by atoms with E-state index in [9.17, 15) is 0 Å². The molecular formula is C21H40N4. The number of hydrogen-bond acceptors (Lipinski definition) is 3. The van der Waals surface area contributed by atoms with Crippen LogP contribution in [0.3, 0.4) is 0 Å². The highest BCUT2D eigenvalue weighted by atomic mass is 15.3. The Morgan fingerprint density at radius 1 is 1.04 bits per heavy atom. The van der Waals surface area contributed by atoms with Crippen LogP contribution >= 0.6 is 0 Å². The maximum absolute atomic E-state index is 4.98. The first-order chi connectivity index (χ1) is 11.3. The number of hydrogen-bond donors (Lipinski definition) is 0. The van der Waals surface area contributed by atoms with Gasteiger partial charge in [-0.25, -0.2) is 0 Å². The highest BCUT2D eigenvalue weighted by Gasteiger charge is 2.34. The molecule has 4 nitrogen and oxygen atoms in total. The Balaban J connectivity index is 2.29. The largest absolute Gasteiger partial charge is 0.296 e. The molecule has 1 atom stereocenters. The molecule has 144 valence electrons. The minimum Gasteiger partial charge on any atom is -0.296 e. The molecule has 0 amide bonds. The summed E-state index contributed by atoms with van der Waals surface area (Å²) >= 11 is 0. The van der Waals surface area contributed by atoms with Gasteiger partial charge in [0.1, 0.15) is 0 Å². The van der Waals surface area contributed by atoms with Gasteiger partial charge < -0.3 is 0 Å². The van der Waals surface area contributed by atoms with Gasteiger partial charge in [-0.15, -0.1) is 0 Å². The SMILES string of the molecule is CC(C)N1CCN(Cc2nn(C)c(C(C)(C)C)c2C(C)(C)C)C[C@H]1C. The summed E-state index contributed by atoms with van der Waals surface area (Å²) in [5, 5.41) is 4.98. The maximum Gasteiger partial charge on any atom is 0.0805 e. The van der Waals surface area contributed by atoms with Crippen LogP contribution in [-0.4, -0.2) is 51.3 Å². The second-order valence-corrected chi connectivity index (χ2v) is 10.2. The molecule has 2 rings (SSSR count). The average Bonchev–Trinajstić information content (AvgIpc) is 2.74. The molecule has 0 N–H and O–H groups in total. The molecule has 2 heterocycles. The van der Waals surface area contributed by atoms with E-state index in [0.29, 0.717) is 12.1 Å². The van der Waals surface area contributed by atoms with Crippen molar-refractivity contribution in [1.82, 2.24) is 19.6 Å². The molecule has 0 radical (unpaired) electrons. The summed E-state index contributed by atoms with van der Waals surface area (Å²) in [5.74, 6) is 0. The third-order valence-corrected chi connectivity index (χ3v) is 5.38. The van der Waals surface area contributed by atoms with E-state index in [0.717, 1.165) is 26.2 Å². The highest BCUT2D eigenvalue weighted by Crippen LogP contribution is 2.36. The number of piperazine rings is 1. The molecule has 1 aromatic rings. The first kappa shape index (κ1) is 20.4. The van der Waals surface area contributed by atoms with Gasteiger partial charge >= 0.3 is 0 Å². The van der Waals surface area contributed by atoms with E-state index in [-0.39, 0.29) is 10.8 Å². The molecule has 1 aromatic heterocycles. The summed E-state index contributed by atoms with van der Waals surface area (Å²) in [7, 11) is 2.11. The van der Waals surface area contributed by atoms with Gasteiger partial charge in [0.25, 0.3) is 0 Å². The second-order valence-electron chi connectivity index (χ2n) is 10.2. The molecule has 1 fully saturated rings. The van der Waals surface area contributed by atoms with Crippen molar-refractivity contribution in [3.63, 3.8) is 0 Å². The van der Waals surface area contributed by atoms with Crippen molar-refractivity contribution in [2.75, 3.05) is 19.6 Å². The summed E-state index contributed by atoms with van der Waals surface area (Å²) in [6.45, 7) is 25.2. The third-order valence-electron chi connectivity index (χ3n) is 5.38. The summed E-state index contributed by atoms with van der Waals surface area (Å²) in [5.41, 5.74) is 4.31. The van der Waals surface area contributed by atoms with Gasteiger partial charge in [0.05, 0.1) is 5.69 Å². The molecule has 0 aliphatic carbocycles. The van der Waals surface area contributed by atoms with E-state index in [1.807, 2.05) is 0 Å². The predicted octanol–water partition coefficient (Wildman–Crippen LogP) is 3.93. The molecule has 0 saturated carbocycles. The van der Waals surface area contributed by atoms with Crippen LogP contribution in [0.5, 0.6) is 0 Å². The van der Waals surface area contributed by atoms with Crippen LogP contribution in [0.2, 0.25) is 0 Å². The van der Waals surface area contributed by atoms with Crippen LogP contribution in [0.15, 0.2) is 0 Å². The molecule has 0 bridgehead atoms. The fourth-order valence-electron chi connectivity index (χ4n) is 4.51. The van der Waals surface area contributed by atoms with E-state index in [1.54, 1.807) is 0 Å². The van der Waals surface area contributed by atoms with Crippen molar-refractivity contribution in [2.45, 2.75) is 91.8 Å². The van der Waals surface area contributed by atoms with Gasteiger partial charge in [0, 0.05) is 62.0 Å². The van der Waals surface area contributed by atoms with E-state index in [1.165, 1.54) is 17.0 Å². The van der Waals surface area contributed by atoms with Gasteiger partial charge in [-0.3, -0.25) is 14.5 Å². The Kier molecular flexibility index (Phi) is 5.75. The molecule has 0 aromatic carbocycles. The number of rotatable bonds is 3. The van der Waals surface area contributed by atoms with Crippen LogP contribution in [0.4, 0.5) is 0 Å². The van der Waals surface area contributed by atoms with Crippen LogP contribution in [0, 0.1) is 0 Å². The van der Waals surface area contributed by atoms with Crippen LogP contribution < -0.4 is 0 Å². The summed E-state index contributed by atoms with van der Waals surface area (Å²) in [6, 6.07) is 1.24. The van der Waals surface area contributed by atoms with E-state index in [2.05, 4.69) is 83.8 Å². The summed E-state index contributed by atoms with van der Waals surface area (Å²) < 4.78 is 2.13. The second kappa shape index (κ2) is 7.03. The average molecular weight is 349 g/mol. The van der Waals surface area contributed by atoms with Crippen molar-refractivity contribution in [2.24, 2.45) is 7.05 Å². The Labute approximate surface area is 155 Å². The lowest BCUT2D eigenvalue weighted by Crippen LogP contribution is -2.53. The molecule has 4 heteroatoms. The van der Waals surface area contributed by atoms with Crippen molar-refractivity contribution in [1.29, 1.82) is 0 Å². The van der Waals surface area contributed by atoms with Crippen molar-refractivity contribution in [3.05, 3.63) is 17.0 Å². The molecule has 1 aliphatic rings. The fraction of sp³-hybridized carbons (Fsp3) is 0.857. The molecule has 0 unspecified atom stereocenters. The predicted molar refractivity (Wildman–Crippen MR) is 107 cm³/mol. The smallest absolute Gasteiger partial charge is 0.0805 e. The van der Waals surface area contributed by atoms with Crippen molar-refractivity contribution >= 4 is 0 Å². The van der Waals surface area contributed by atoms with Gasteiger partial charge in [0.15, 0.2) is 0 Å². The van der Waals surface area contributed by atoms with Crippen LogP contribution in [-0.2, 0) is 24.4 Å². The number of nitrogens with zero attached hydrogens (tertiary/aromatic N) is 4. The van der Waals surface area contributed by atoms with Crippen molar-refractivity contribution in [3.8, 4) is 0 Å². The highest BCUT2D eigenvalue weighted by molar-refractivity contribution is 5.37. The lowest BCUT2D eigenvalue weighted by molar-refractivity contribution is 0.0555. The first-order valence-corrected chi connectivity index (χ1v) is 9.87. The molecule has 1 aliphatic heterocycles. The van der Waals surface area contributed by atoms with Gasteiger partial charge in [-0.1, -0.05) is 41.5 Å². The zero-order chi connectivity index (χ0) is 19.2. The number of aryl methyl sites for hydroxylation is 1. The Morgan fingerprint density at radius 3 is 2.08 bits per heavy atom. The monoisotopic (exact) mass is 348 g/mol. The van der Waals surface area contributed by atoms with E-state index in [4.69, 9.17) is 5.10 Å². The van der Waals surface area contributed by atoms with E-state index >= 15 is 0 Å². The molecule has 1 saturated heterocycles. The standard InChI is InChI=1S/C21H40N4/c1-15(2)25-12-11-24(13-16(25)3)14-17-18(20(4,5)6)19(21(7,8)9)23(10)22-17/h15-16H,11-14H2,1-10H3/t16-/m1/s1. The molecule has 0 spiro atoms. The zero-order valence-electron chi connectivity index (χ0n) is 18.3. The summed E-state index contributed by atoms with van der Waals surface area (Å²) in [4.78, 5) is 5.20. The topological polar surface area (TPSA) is 24.3 Å². The fourth-order valence-corrected chi connectivity index (χ4v) is 4.51. The molecular weight excluding hydrogens is 308 g/mol. The van der Waals surface area contributed by atoms with Gasteiger partial charge in [-0.2, -0.15) is 5.10 Å². The van der Waals surface area contributed by atoms with Crippen molar-refractivity contribution < 1.29 is 0 Å². The maximum atomic E-state index is 4.98. The van der Waals surface area contributed by atoms with Crippen LogP contribution in [0.25, 0.3) is 0 Å². The Hall–Kier alpha value is -0.870. The Bertz CT molecular complexity index is 586. The lowest BCUT2D eigenvalue weighted by Gasteiger charge is -2.42. The van der Waals surface area contributed by atoms with Gasteiger partial charge in [-0.05, 0) is 26.2 Å².